The van der Waals surface area contributed by atoms with Gasteiger partial charge in [0.05, 0.1) is 5.39 Å². The van der Waals surface area contributed by atoms with Crippen LogP contribution in [0.1, 0.15) is 25.3 Å². The van der Waals surface area contributed by atoms with Crippen LogP contribution in [0.3, 0.4) is 0 Å². The van der Waals surface area contributed by atoms with Gasteiger partial charge in [-0.3, -0.25) is 0 Å². The topological polar surface area (TPSA) is 28.7 Å². The summed E-state index contributed by atoms with van der Waals surface area (Å²) < 4.78 is 13.2. The van der Waals surface area contributed by atoms with E-state index in [9.17, 15) is 4.39 Å². The number of fused-ring (bicyclic) bond motifs is 1. The molecule has 0 aromatic carbocycles. The number of rotatable bonds is 1. The Morgan fingerprint density at radius 1 is 1.50 bits per heavy atom. The van der Waals surface area contributed by atoms with Gasteiger partial charge in [0.2, 0.25) is 0 Å². The Labute approximate surface area is 86.1 Å². The number of pyridine rings is 1. The summed E-state index contributed by atoms with van der Waals surface area (Å²) in [6.07, 6.45) is 1.29. The zero-order chi connectivity index (χ0) is 10.3. The summed E-state index contributed by atoms with van der Waals surface area (Å²) in [6, 6.07) is 1.75. The third-order valence-electron chi connectivity index (χ3n) is 2.22. The molecule has 14 heavy (non-hydrogen) atoms. The summed E-state index contributed by atoms with van der Waals surface area (Å²) in [4.78, 5) is 6.81. The number of hydrogen-bond donors (Lipinski definition) is 1. The first-order valence-corrected chi connectivity index (χ1v) is 4.80. The smallest absolute Gasteiger partial charge is 0.150 e. The van der Waals surface area contributed by atoms with Crippen LogP contribution in [0.15, 0.2) is 12.3 Å². The Kier molecular flexibility index (Phi) is 2.19. The summed E-state index contributed by atoms with van der Waals surface area (Å²) in [5, 5.41) is 0.937. The second-order valence-electron chi connectivity index (χ2n) is 3.56. The van der Waals surface area contributed by atoms with E-state index in [1.165, 1.54) is 6.20 Å². The lowest BCUT2D eigenvalue weighted by atomic mass is 10.0. The van der Waals surface area contributed by atoms with Gasteiger partial charge in [0.1, 0.15) is 16.6 Å². The molecular weight excluding hydrogens is 203 g/mol. The Morgan fingerprint density at radius 2 is 2.21 bits per heavy atom. The van der Waals surface area contributed by atoms with E-state index in [0.717, 1.165) is 5.56 Å². The molecule has 74 valence electrons. The van der Waals surface area contributed by atoms with Crippen molar-refractivity contribution in [3.8, 4) is 0 Å². The SMILES string of the molecule is CC(C)c1cc2c(F)c[nH]c2nc1Cl. The predicted molar refractivity (Wildman–Crippen MR) is 55.2 cm³/mol. The molecule has 0 fully saturated rings. The second kappa shape index (κ2) is 3.24. The van der Waals surface area contributed by atoms with Crippen molar-refractivity contribution in [1.82, 2.24) is 9.97 Å². The second-order valence-corrected chi connectivity index (χ2v) is 3.91. The molecule has 2 rings (SSSR count). The van der Waals surface area contributed by atoms with Crippen molar-refractivity contribution in [3.63, 3.8) is 0 Å². The standard InChI is InChI=1S/C10H10ClFN2/c1-5(2)6-3-7-8(12)4-13-10(7)14-9(6)11/h3-5H,1-2H3,(H,13,14). The van der Waals surface area contributed by atoms with Crippen LogP contribution in [0.4, 0.5) is 4.39 Å². The number of halogens is 2. The fourth-order valence-electron chi connectivity index (χ4n) is 1.41. The minimum Gasteiger partial charge on any atom is -0.343 e. The average molecular weight is 213 g/mol. The largest absolute Gasteiger partial charge is 0.343 e. The molecule has 2 aromatic rings. The molecule has 0 spiro atoms. The van der Waals surface area contributed by atoms with Gasteiger partial charge in [-0.2, -0.15) is 0 Å². The van der Waals surface area contributed by atoms with Crippen LogP contribution in [0.25, 0.3) is 11.0 Å². The number of aromatic nitrogens is 2. The lowest BCUT2D eigenvalue weighted by Gasteiger charge is -2.06. The minimum atomic E-state index is -0.286. The Morgan fingerprint density at radius 3 is 2.86 bits per heavy atom. The Balaban J connectivity index is 2.74. The molecule has 0 aliphatic rings. The molecule has 0 atom stereocenters. The van der Waals surface area contributed by atoms with Gasteiger partial charge in [-0.1, -0.05) is 25.4 Å². The van der Waals surface area contributed by atoms with E-state index in [4.69, 9.17) is 11.6 Å². The Hall–Kier alpha value is -1.09. The molecule has 1 N–H and O–H groups in total. The highest BCUT2D eigenvalue weighted by Crippen LogP contribution is 2.27. The number of H-pyrrole nitrogens is 1. The van der Waals surface area contributed by atoms with E-state index < -0.39 is 0 Å². The van der Waals surface area contributed by atoms with Crippen molar-refractivity contribution in [2.75, 3.05) is 0 Å². The Bertz CT molecular complexity index is 476. The van der Waals surface area contributed by atoms with E-state index >= 15 is 0 Å². The van der Waals surface area contributed by atoms with Crippen LogP contribution in [0.2, 0.25) is 5.15 Å². The number of nitrogens with zero attached hydrogens (tertiary/aromatic N) is 1. The zero-order valence-corrected chi connectivity index (χ0v) is 8.69. The lowest BCUT2D eigenvalue weighted by Crippen LogP contribution is -1.92. The highest BCUT2D eigenvalue weighted by molar-refractivity contribution is 6.30. The molecule has 2 nitrogen and oxygen atoms in total. The lowest BCUT2D eigenvalue weighted by molar-refractivity contribution is 0.639. The highest BCUT2D eigenvalue weighted by Gasteiger charge is 2.11. The number of aromatic amines is 1. The summed E-state index contributed by atoms with van der Waals surface area (Å²) in [6.45, 7) is 4.00. The van der Waals surface area contributed by atoms with Crippen molar-refractivity contribution in [2.24, 2.45) is 0 Å². The first-order valence-electron chi connectivity index (χ1n) is 4.42. The van der Waals surface area contributed by atoms with Crippen molar-refractivity contribution < 1.29 is 4.39 Å². The summed E-state index contributed by atoms with van der Waals surface area (Å²) in [7, 11) is 0. The maximum atomic E-state index is 13.2. The van der Waals surface area contributed by atoms with Crippen molar-refractivity contribution in [1.29, 1.82) is 0 Å². The van der Waals surface area contributed by atoms with E-state index in [2.05, 4.69) is 9.97 Å². The van der Waals surface area contributed by atoms with Gasteiger partial charge >= 0.3 is 0 Å². The van der Waals surface area contributed by atoms with Gasteiger partial charge < -0.3 is 4.98 Å². The van der Waals surface area contributed by atoms with Gasteiger partial charge in [-0.25, -0.2) is 9.37 Å². The summed E-state index contributed by atoms with van der Waals surface area (Å²) in [5.74, 6) is -0.0419. The van der Waals surface area contributed by atoms with Crippen LogP contribution in [-0.4, -0.2) is 9.97 Å². The van der Waals surface area contributed by atoms with Crippen LogP contribution in [-0.2, 0) is 0 Å². The third-order valence-corrected chi connectivity index (χ3v) is 2.52. The molecule has 0 saturated heterocycles. The average Bonchev–Trinajstić information content (AvgIpc) is 2.46. The van der Waals surface area contributed by atoms with Crippen molar-refractivity contribution >= 4 is 22.6 Å². The maximum absolute atomic E-state index is 13.2. The third kappa shape index (κ3) is 1.38. The van der Waals surface area contributed by atoms with Gasteiger partial charge in [0.15, 0.2) is 0 Å². The van der Waals surface area contributed by atoms with Crippen LogP contribution in [0, 0.1) is 5.82 Å². The molecule has 0 unspecified atom stereocenters. The number of nitrogens with one attached hydrogen (secondary N) is 1. The normalized spacial score (nSPS) is 11.5. The quantitative estimate of drug-likeness (QED) is 0.721. The van der Waals surface area contributed by atoms with Crippen LogP contribution < -0.4 is 0 Å². The van der Waals surface area contributed by atoms with E-state index in [0.29, 0.717) is 16.2 Å². The molecule has 0 aliphatic heterocycles. The first-order chi connectivity index (χ1) is 6.59. The highest BCUT2D eigenvalue weighted by atomic mass is 35.5. The van der Waals surface area contributed by atoms with Crippen molar-refractivity contribution in [2.45, 2.75) is 19.8 Å². The van der Waals surface area contributed by atoms with Crippen molar-refractivity contribution in [3.05, 3.63) is 28.8 Å². The molecule has 0 aliphatic carbocycles. The van der Waals surface area contributed by atoms with E-state index in [1.54, 1.807) is 6.07 Å². The molecule has 0 radical (unpaired) electrons. The predicted octanol–water partition coefficient (Wildman–Crippen LogP) is 3.48. The zero-order valence-electron chi connectivity index (χ0n) is 7.94. The molecule has 2 heterocycles. The molecule has 0 saturated carbocycles. The molecule has 4 heteroatoms. The van der Waals surface area contributed by atoms with Gasteiger partial charge in [0.25, 0.3) is 0 Å². The van der Waals surface area contributed by atoms with Gasteiger partial charge in [0, 0.05) is 6.20 Å². The fraction of sp³-hybridized carbons (Fsp3) is 0.300. The number of hydrogen-bond acceptors (Lipinski definition) is 1. The summed E-state index contributed by atoms with van der Waals surface area (Å²) in [5.41, 5.74) is 1.37. The summed E-state index contributed by atoms with van der Waals surface area (Å²) >= 11 is 5.95. The molecule has 0 amide bonds. The first kappa shape index (κ1) is 9.46. The molecule has 0 bridgehead atoms. The minimum absolute atomic E-state index is 0.244. The van der Waals surface area contributed by atoms with Crippen LogP contribution in [0.5, 0.6) is 0 Å². The van der Waals surface area contributed by atoms with Crippen LogP contribution >= 0.6 is 11.6 Å². The molecule has 2 aromatic heterocycles. The van der Waals surface area contributed by atoms with Gasteiger partial charge in [-0.15, -0.1) is 0 Å². The van der Waals surface area contributed by atoms with E-state index in [-0.39, 0.29) is 11.7 Å². The van der Waals surface area contributed by atoms with Gasteiger partial charge in [-0.05, 0) is 17.5 Å². The fourth-order valence-corrected chi connectivity index (χ4v) is 1.77. The monoisotopic (exact) mass is 212 g/mol. The maximum Gasteiger partial charge on any atom is 0.150 e. The van der Waals surface area contributed by atoms with E-state index in [1.807, 2.05) is 13.8 Å². The molecular formula is C10H10ClFN2.